The van der Waals surface area contributed by atoms with Gasteiger partial charge in [-0.3, -0.25) is 4.79 Å². The van der Waals surface area contributed by atoms with E-state index in [1.54, 1.807) is 6.08 Å². The van der Waals surface area contributed by atoms with Gasteiger partial charge in [-0.1, -0.05) is 49.5 Å². The lowest BCUT2D eigenvalue weighted by Gasteiger charge is -2.27. The summed E-state index contributed by atoms with van der Waals surface area (Å²) in [5, 5.41) is 0. The minimum Gasteiger partial charge on any atom is -0.393 e. The van der Waals surface area contributed by atoms with Crippen molar-refractivity contribution in [1.82, 2.24) is 4.90 Å². The van der Waals surface area contributed by atoms with Crippen LogP contribution in [0.1, 0.15) is 32.3 Å². The number of carbonyl (C=O) groups excluding carboxylic acids is 1. The fourth-order valence-corrected chi connectivity index (χ4v) is 1.92. The minimum absolute atomic E-state index is 0.000506. The molecule has 2 N–H and O–H groups in total. The maximum atomic E-state index is 12.3. The van der Waals surface area contributed by atoms with E-state index in [2.05, 4.69) is 6.92 Å². The number of nitrogens with two attached hydrogens (primary N) is 1. The van der Waals surface area contributed by atoms with Crippen molar-refractivity contribution in [2.24, 2.45) is 5.73 Å². The first-order valence-corrected chi connectivity index (χ1v) is 7.27. The molecule has 1 aromatic rings. The van der Waals surface area contributed by atoms with Gasteiger partial charge in [-0.05, 0) is 25.0 Å². The van der Waals surface area contributed by atoms with Gasteiger partial charge in [0.25, 0.3) is 0 Å². The number of hydrogen-bond donors (Lipinski definition) is 1. The van der Waals surface area contributed by atoms with Crippen molar-refractivity contribution in [1.29, 1.82) is 0 Å². The van der Waals surface area contributed by atoms with Crippen LogP contribution in [0, 0.1) is 0 Å². The molecule has 0 aliphatic carbocycles. The predicted octanol–water partition coefficient (Wildman–Crippen LogP) is 3.00. The van der Waals surface area contributed by atoms with Gasteiger partial charge < -0.3 is 10.6 Å². The summed E-state index contributed by atoms with van der Waals surface area (Å²) in [5.41, 5.74) is 6.54. The molecule has 0 bridgehead atoms. The van der Waals surface area contributed by atoms with Crippen LogP contribution >= 0.6 is 12.2 Å². The third kappa shape index (κ3) is 5.53. The van der Waals surface area contributed by atoms with Crippen LogP contribution in [-0.4, -0.2) is 28.4 Å². The molecule has 0 saturated heterocycles. The first-order valence-electron chi connectivity index (χ1n) is 6.86. The second-order valence-electron chi connectivity index (χ2n) is 4.75. The van der Waals surface area contributed by atoms with Crippen molar-refractivity contribution in [3.8, 4) is 0 Å². The molecule has 1 amide bonds. The van der Waals surface area contributed by atoms with Gasteiger partial charge in [0.1, 0.15) is 0 Å². The number of benzene rings is 1. The molecule has 0 spiro atoms. The molecule has 108 valence electrons. The Bertz CT molecular complexity index is 471. The fraction of sp³-hybridized carbons (Fsp3) is 0.375. The molecule has 1 unspecified atom stereocenters. The van der Waals surface area contributed by atoms with Crippen LogP contribution in [0.2, 0.25) is 0 Å². The summed E-state index contributed by atoms with van der Waals surface area (Å²) >= 11 is 4.89. The van der Waals surface area contributed by atoms with E-state index < -0.39 is 0 Å². The van der Waals surface area contributed by atoms with E-state index in [0.717, 1.165) is 12.0 Å². The maximum Gasteiger partial charge on any atom is 0.246 e. The Morgan fingerprint density at radius 3 is 2.60 bits per heavy atom. The van der Waals surface area contributed by atoms with Crippen LogP contribution < -0.4 is 5.73 Å². The smallest absolute Gasteiger partial charge is 0.246 e. The van der Waals surface area contributed by atoms with Crippen LogP contribution in [0.5, 0.6) is 0 Å². The molecular formula is C16H22N2OS. The minimum atomic E-state index is -0.000506. The highest BCUT2D eigenvalue weighted by atomic mass is 32.1. The zero-order valence-electron chi connectivity index (χ0n) is 12.1. The van der Waals surface area contributed by atoms with Crippen LogP contribution in [0.3, 0.4) is 0 Å². The lowest BCUT2D eigenvalue weighted by molar-refractivity contribution is -0.127. The predicted molar refractivity (Wildman–Crippen MR) is 88.3 cm³/mol. The monoisotopic (exact) mass is 290 g/mol. The zero-order chi connectivity index (χ0) is 15.0. The summed E-state index contributed by atoms with van der Waals surface area (Å²) in [6.07, 6.45) is 4.91. The molecule has 20 heavy (non-hydrogen) atoms. The van der Waals surface area contributed by atoms with E-state index in [9.17, 15) is 4.79 Å². The largest absolute Gasteiger partial charge is 0.393 e. The topological polar surface area (TPSA) is 46.3 Å². The summed E-state index contributed by atoms with van der Waals surface area (Å²) in [7, 11) is 0. The van der Waals surface area contributed by atoms with Gasteiger partial charge in [-0.15, -0.1) is 0 Å². The highest BCUT2D eigenvalue weighted by molar-refractivity contribution is 7.80. The third-order valence-electron chi connectivity index (χ3n) is 3.22. The van der Waals surface area contributed by atoms with Crippen molar-refractivity contribution in [2.45, 2.75) is 32.7 Å². The number of rotatable bonds is 7. The standard InChI is InChI=1S/C16H22N2OS/c1-3-13(2)18(12-11-15(17)20)16(19)10-9-14-7-5-4-6-8-14/h4-10,13H,3,11-12H2,1-2H3,(H2,17,20)/b10-9+. The summed E-state index contributed by atoms with van der Waals surface area (Å²) in [4.78, 5) is 14.5. The Balaban J connectivity index is 2.72. The normalized spacial score (nSPS) is 12.3. The molecule has 0 fully saturated rings. The third-order valence-corrected chi connectivity index (χ3v) is 3.43. The second kappa shape index (κ2) is 8.48. The average molecular weight is 290 g/mol. The molecule has 1 aromatic carbocycles. The van der Waals surface area contributed by atoms with Gasteiger partial charge in [0.05, 0.1) is 4.99 Å². The molecule has 1 rings (SSSR count). The lowest BCUT2D eigenvalue weighted by atomic mass is 10.1. The summed E-state index contributed by atoms with van der Waals surface area (Å²) < 4.78 is 0. The van der Waals surface area contributed by atoms with Crippen LogP contribution in [-0.2, 0) is 4.79 Å². The van der Waals surface area contributed by atoms with E-state index in [0.29, 0.717) is 18.0 Å². The van der Waals surface area contributed by atoms with Gasteiger partial charge in [0.15, 0.2) is 0 Å². The van der Waals surface area contributed by atoms with Crippen LogP contribution in [0.4, 0.5) is 0 Å². The fourth-order valence-electron chi connectivity index (χ4n) is 1.83. The first kappa shape index (κ1) is 16.4. The Labute approximate surface area is 126 Å². The summed E-state index contributed by atoms with van der Waals surface area (Å²) in [6, 6.07) is 9.95. The van der Waals surface area contributed by atoms with E-state index in [4.69, 9.17) is 18.0 Å². The van der Waals surface area contributed by atoms with Crippen molar-refractivity contribution in [3.63, 3.8) is 0 Å². The van der Waals surface area contributed by atoms with Crippen molar-refractivity contribution in [2.75, 3.05) is 6.54 Å². The second-order valence-corrected chi connectivity index (χ2v) is 5.27. The van der Waals surface area contributed by atoms with Crippen LogP contribution in [0.25, 0.3) is 6.08 Å². The average Bonchev–Trinajstić information content (AvgIpc) is 2.45. The van der Waals surface area contributed by atoms with E-state index in [-0.39, 0.29) is 11.9 Å². The Morgan fingerprint density at radius 2 is 2.05 bits per heavy atom. The van der Waals surface area contributed by atoms with E-state index >= 15 is 0 Å². The highest BCUT2D eigenvalue weighted by Crippen LogP contribution is 2.08. The van der Waals surface area contributed by atoms with E-state index in [1.807, 2.05) is 48.2 Å². The number of nitrogens with zero attached hydrogens (tertiary/aromatic N) is 1. The zero-order valence-corrected chi connectivity index (χ0v) is 12.9. The number of carbonyl (C=O) groups is 1. The lowest BCUT2D eigenvalue weighted by Crippen LogP contribution is -2.39. The van der Waals surface area contributed by atoms with E-state index in [1.165, 1.54) is 0 Å². The molecule has 0 heterocycles. The summed E-state index contributed by atoms with van der Waals surface area (Å²) in [5.74, 6) is -0.000506. The molecule has 0 saturated carbocycles. The van der Waals surface area contributed by atoms with Crippen molar-refractivity contribution < 1.29 is 4.79 Å². The van der Waals surface area contributed by atoms with Gasteiger partial charge >= 0.3 is 0 Å². The highest BCUT2D eigenvalue weighted by Gasteiger charge is 2.16. The molecule has 0 radical (unpaired) electrons. The molecule has 3 nitrogen and oxygen atoms in total. The Morgan fingerprint density at radius 1 is 1.40 bits per heavy atom. The quantitative estimate of drug-likeness (QED) is 0.620. The van der Waals surface area contributed by atoms with Crippen molar-refractivity contribution >= 4 is 29.2 Å². The number of hydrogen-bond acceptors (Lipinski definition) is 2. The maximum absolute atomic E-state index is 12.3. The van der Waals surface area contributed by atoms with Gasteiger partial charge in [0.2, 0.25) is 5.91 Å². The molecule has 0 aromatic heterocycles. The Kier molecular flexibility index (Phi) is 6.94. The Hall–Kier alpha value is -1.68. The molecule has 4 heteroatoms. The van der Waals surface area contributed by atoms with Gasteiger partial charge in [-0.25, -0.2) is 0 Å². The summed E-state index contributed by atoms with van der Waals surface area (Å²) in [6.45, 7) is 4.67. The molecule has 0 aliphatic rings. The SMILES string of the molecule is CCC(C)N(CCC(N)=S)C(=O)/C=C/c1ccccc1. The molecule has 0 aliphatic heterocycles. The number of thiocarbonyl (C=S) groups is 1. The first-order chi connectivity index (χ1) is 9.54. The van der Waals surface area contributed by atoms with Crippen LogP contribution in [0.15, 0.2) is 36.4 Å². The number of amides is 1. The van der Waals surface area contributed by atoms with Crippen molar-refractivity contribution in [3.05, 3.63) is 42.0 Å². The van der Waals surface area contributed by atoms with Gasteiger partial charge in [0, 0.05) is 25.1 Å². The molecule has 1 atom stereocenters. The molecular weight excluding hydrogens is 268 g/mol. The van der Waals surface area contributed by atoms with Gasteiger partial charge in [-0.2, -0.15) is 0 Å².